The number of hydrogen-bond donors (Lipinski definition) is 1. The van der Waals surface area contributed by atoms with E-state index in [0.29, 0.717) is 23.5 Å². The molecule has 2 heterocycles. The van der Waals surface area contributed by atoms with Crippen molar-refractivity contribution < 1.29 is 4.74 Å². The molecular formula is C20H36N4O. The van der Waals surface area contributed by atoms with E-state index in [1.165, 1.54) is 38.6 Å². The van der Waals surface area contributed by atoms with Gasteiger partial charge < -0.3 is 15.0 Å². The molecule has 1 N–H and O–H groups in total. The Labute approximate surface area is 153 Å². The molecule has 4 fully saturated rings. The number of piperazine rings is 1. The van der Waals surface area contributed by atoms with Crippen LogP contribution >= 0.6 is 0 Å². The van der Waals surface area contributed by atoms with Crippen molar-refractivity contribution in [2.24, 2.45) is 22.2 Å². The monoisotopic (exact) mass is 348 g/mol. The molecule has 142 valence electrons. The van der Waals surface area contributed by atoms with Crippen LogP contribution in [0.5, 0.6) is 0 Å². The molecule has 0 amide bonds. The molecule has 3 atom stereocenters. The van der Waals surface area contributed by atoms with Crippen LogP contribution in [0.15, 0.2) is 4.99 Å². The molecule has 25 heavy (non-hydrogen) atoms. The molecule has 0 aromatic heterocycles. The predicted octanol–water partition coefficient (Wildman–Crippen LogP) is 2.18. The summed E-state index contributed by atoms with van der Waals surface area (Å²) in [5.41, 5.74) is 0.399. The molecule has 0 aromatic carbocycles. The Hall–Kier alpha value is -0.810. The summed E-state index contributed by atoms with van der Waals surface area (Å²) in [7, 11) is 1.95. The second kappa shape index (κ2) is 7.07. The highest BCUT2D eigenvalue weighted by atomic mass is 16.5. The first-order valence-electron chi connectivity index (χ1n) is 10.5. The topological polar surface area (TPSA) is 40.1 Å². The fraction of sp³-hybridized carbons (Fsp3) is 0.950. The lowest BCUT2D eigenvalue weighted by Crippen LogP contribution is -2.70. The van der Waals surface area contributed by atoms with Crippen LogP contribution in [0.4, 0.5) is 0 Å². The highest BCUT2D eigenvalue weighted by Crippen LogP contribution is 2.60. The SMILES string of the molecule is CN=C(NC1C2CCOC2C12CCCC2)N1CCN(CC(C)C)CC1. The van der Waals surface area contributed by atoms with Crippen molar-refractivity contribution in [3.8, 4) is 0 Å². The van der Waals surface area contributed by atoms with E-state index in [2.05, 4.69) is 34.0 Å². The molecule has 2 saturated heterocycles. The van der Waals surface area contributed by atoms with Crippen LogP contribution < -0.4 is 5.32 Å². The molecule has 2 aliphatic carbocycles. The van der Waals surface area contributed by atoms with Gasteiger partial charge in [0.2, 0.25) is 0 Å². The van der Waals surface area contributed by atoms with Gasteiger partial charge in [-0.2, -0.15) is 0 Å². The Morgan fingerprint density at radius 3 is 2.56 bits per heavy atom. The zero-order valence-electron chi connectivity index (χ0n) is 16.3. The van der Waals surface area contributed by atoms with Gasteiger partial charge in [0.1, 0.15) is 0 Å². The number of fused-ring (bicyclic) bond motifs is 2. The molecule has 0 bridgehead atoms. The molecule has 4 aliphatic rings. The van der Waals surface area contributed by atoms with Gasteiger partial charge in [-0.25, -0.2) is 0 Å². The van der Waals surface area contributed by atoms with Gasteiger partial charge >= 0.3 is 0 Å². The number of hydrogen-bond acceptors (Lipinski definition) is 3. The highest BCUT2D eigenvalue weighted by molar-refractivity contribution is 5.80. The molecule has 3 unspecified atom stereocenters. The molecule has 0 radical (unpaired) electrons. The summed E-state index contributed by atoms with van der Waals surface area (Å²) in [5, 5.41) is 3.91. The summed E-state index contributed by atoms with van der Waals surface area (Å²) in [6, 6.07) is 0.579. The van der Waals surface area contributed by atoms with Crippen LogP contribution in [-0.2, 0) is 4.74 Å². The molecule has 4 rings (SSSR count). The average Bonchev–Trinajstić information content (AvgIpc) is 3.24. The van der Waals surface area contributed by atoms with E-state index in [1.54, 1.807) is 0 Å². The van der Waals surface area contributed by atoms with E-state index in [-0.39, 0.29) is 0 Å². The van der Waals surface area contributed by atoms with E-state index in [4.69, 9.17) is 4.74 Å². The molecule has 2 saturated carbocycles. The van der Waals surface area contributed by atoms with Gasteiger partial charge in [0.15, 0.2) is 5.96 Å². The second-order valence-electron chi connectivity index (χ2n) is 9.03. The zero-order valence-corrected chi connectivity index (χ0v) is 16.3. The summed E-state index contributed by atoms with van der Waals surface area (Å²) in [6.07, 6.45) is 7.17. The summed E-state index contributed by atoms with van der Waals surface area (Å²) in [5.74, 6) is 2.59. The van der Waals surface area contributed by atoms with E-state index < -0.39 is 0 Å². The largest absolute Gasteiger partial charge is 0.377 e. The number of aliphatic imine (C=N–C) groups is 1. The van der Waals surface area contributed by atoms with Crippen LogP contribution in [0.2, 0.25) is 0 Å². The van der Waals surface area contributed by atoms with Crippen LogP contribution in [0.3, 0.4) is 0 Å². The molecule has 2 aliphatic heterocycles. The highest BCUT2D eigenvalue weighted by Gasteiger charge is 2.65. The minimum absolute atomic E-state index is 0.399. The van der Waals surface area contributed by atoms with Crippen LogP contribution in [0.25, 0.3) is 0 Å². The van der Waals surface area contributed by atoms with Crippen LogP contribution in [0, 0.1) is 17.3 Å². The van der Waals surface area contributed by atoms with Crippen molar-refractivity contribution in [3.63, 3.8) is 0 Å². The van der Waals surface area contributed by atoms with Gasteiger partial charge in [0.25, 0.3) is 0 Å². The Balaban J connectivity index is 1.38. The standard InChI is InChI=1S/C20H36N4O/c1-15(2)14-23-9-11-24(12-10-23)19(21-3)22-17-16-6-13-25-18(16)20(17)7-4-5-8-20/h15-18H,4-14H2,1-3H3,(H,21,22). The van der Waals surface area contributed by atoms with Crippen molar-refractivity contribution >= 4 is 5.96 Å². The van der Waals surface area contributed by atoms with Gasteiger partial charge in [0, 0.05) is 63.8 Å². The van der Waals surface area contributed by atoms with Crippen molar-refractivity contribution in [1.29, 1.82) is 0 Å². The first-order chi connectivity index (χ1) is 12.1. The van der Waals surface area contributed by atoms with E-state index >= 15 is 0 Å². The smallest absolute Gasteiger partial charge is 0.193 e. The third kappa shape index (κ3) is 3.08. The number of ether oxygens (including phenoxy) is 1. The van der Waals surface area contributed by atoms with Gasteiger partial charge in [-0.1, -0.05) is 26.7 Å². The summed E-state index contributed by atoms with van der Waals surface area (Å²) in [4.78, 5) is 9.73. The van der Waals surface area contributed by atoms with E-state index in [1.807, 2.05) is 7.05 Å². The Morgan fingerprint density at radius 2 is 1.92 bits per heavy atom. The van der Waals surface area contributed by atoms with E-state index in [0.717, 1.165) is 44.7 Å². The molecule has 5 nitrogen and oxygen atoms in total. The minimum Gasteiger partial charge on any atom is -0.377 e. The maximum atomic E-state index is 6.13. The third-order valence-corrected chi connectivity index (χ3v) is 7.08. The van der Waals surface area contributed by atoms with Crippen molar-refractivity contribution in [2.45, 2.75) is 58.1 Å². The molecule has 0 aromatic rings. The lowest BCUT2D eigenvalue weighted by atomic mass is 9.54. The number of rotatable bonds is 3. The molecular weight excluding hydrogens is 312 g/mol. The van der Waals surface area contributed by atoms with Gasteiger partial charge in [0.05, 0.1) is 6.10 Å². The quantitative estimate of drug-likeness (QED) is 0.627. The first kappa shape index (κ1) is 17.6. The third-order valence-electron chi connectivity index (χ3n) is 7.08. The fourth-order valence-electron chi connectivity index (χ4n) is 6.00. The maximum absolute atomic E-state index is 6.13. The van der Waals surface area contributed by atoms with Gasteiger partial charge in [-0.15, -0.1) is 0 Å². The van der Waals surface area contributed by atoms with Crippen molar-refractivity contribution in [2.75, 3.05) is 46.4 Å². The maximum Gasteiger partial charge on any atom is 0.193 e. The summed E-state index contributed by atoms with van der Waals surface area (Å²) >= 11 is 0. The van der Waals surface area contributed by atoms with Gasteiger partial charge in [-0.05, 0) is 25.2 Å². The molecule has 5 heteroatoms. The van der Waals surface area contributed by atoms with E-state index in [9.17, 15) is 0 Å². The zero-order chi connectivity index (χ0) is 17.4. The first-order valence-corrected chi connectivity index (χ1v) is 10.5. The Kier molecular flexibility index (Phi) is 4.98. The lowest BCUT2D eigenvalue weighted by molar-refractivity contribution is -0.125. The Bertz CT molecular complexity index is 492. The minimum atomic E-state index is 0.399. The number of nitrogens with zero attached hydrogens (tertiary/aromatic N) is 3. The van der Waals surface area contributed by atoms with Crippen molar-refractivity contribution in [1.82, 2.24) is 15.1 Å². The normalized spacial score (nSPS) is 35.3. The van der Waals surface area contributed by atoms with Crippen LogP contribution in [-0.4, -0.2) is 74.3 Å². The summed E-state index contributed by atoms with van der Waals surface area (Å²) in [6.45, 7) is 11.3. The summed E-state index contributed by atoms with van der Waals surface area (Å²) < 4.78 is 6.13. The lowest BCUT2D eigenvalue weighted by Gasteiger charge is -2.57. The predicted molar refractivity (Wildman–Crippen MR) is 102 cm³/mol. The Morgan fingerprint density at radius 1 is 1.20 bits per heavy atom. The second-order valence-corrected chi connectivity index (χ2v) is 9.03. The number of guanidine groups is 1. The fourth-order valence-corrected chi connectivity index (χ4v) is 6.00. The van der Waals surface area contributed by atoms with Crippen LogP contribution in [0.1, 0.15) is 46.0 Å². The number of nitrogens with one attached hydrogen (secondary N) is 1. The van der Waals surface area contributed by atoms with Gasteiger partial charge in [-0.3, -0.25) is 9.89 Å². The van der Waals surface area contributed by atoms with Crippen molar-refractivity contribution in [3.05, 3.63) is 0 Å². The molecule has 1 spiro atoms. The average molecular weight is 349 g/mol.